The number of rotatable bonds is 5. The second-order valence-corrected chi connectivity index (χ2v) is 7.69. The maximum atomic E-state index is 11.8. The summed E-state index contributed by atoms with van der Waals surface area (Å²) in [4.78, 5) is 18.5. The second-order valence-electron chi connectivity index (χ2n) is 7.69. The monoisotopic (exact) mass is 360 g/mol. The summed E-state index contributed by atoms with van der Waals surface area (Å²) in [6.07, 6.45) is 2.11. The molecule has 1 aromatic carbocycles. The van der Waals surface area contributed by atoms with Crippen molar-refractivity contribution in [2.75, 3.05) is 26.7 Å². The van der Waals surface area contributed by atoms with Gasteiger partial charge in [0, 0.05) is 32.7 Å². The number of piperidine rings is 1. The number of ether oxygens (including phenoxy) is 1. The van der Waals surface area contributed by atoms with E-state index in [-0.39, 0.29) is 12.5 Å². The zero-order valence-corrected chi connectivity index (χ0v) is 16.4. The first kappa shape index (κ1) is 20.2. The second kappa shape index (κ2) is 9.57. The number of likely N-dealkylation sites (tertiary alicyclic amines) is 1. The molecule has 1 heterocycles. The van der Waals surface area contributed by atoms with Crippen LogP contribution in [0, 0.1) is 0 Å². The molecule has 144 valence electrons. The Morgan fingerprint density at radius 1 is 1.23 bits per heavy atom. The Labute approximate surface area is 157 Å². The largest absolute Gasteiger partial charge is 0.459 e. The number of nitrogens with one attached hydrogen (secondary N) is 2. The third-order valence-electron chi connectivity index (χ3n) is 4.22. The molecule has 0 unspecified atom stereocenters. The van der Waals surface area contributed by atoms with Crippen LogP contribution in [-0.4, -0.2) is 55.2 Å². The number of carbonyl (C=O) groups is 1. The quantitative estimate of drug-likeness (QED) is 0.479. The van der Waals surface area contributed by atoms with Gasteiger partial charge in [0.25, 0.3) is 0 Å². The fourth-order valence-electron chi connectivity index (χ4n) is 3.00. The molecule has 1 fully saturated rings. The minimum absolute atomic E-state index is 0.115. The molecule has 1 aliphatic heterocycles. The summed E-state index contributed by atoms with van der Waals surface area (Å²) in [5.41, 5.74) is 0.884. The van der Waals surface area contributed by atoms with Crippen molar-refractivity contribution in [2.24, 2.45) is 4.99 Å². The van der Waals surface area contributed by atoms with E-state index in [0.29, 0.717) is 12.0 Å². The van der Waals surface area contributed by atoms with E-state index in [0.717, 1.165) is 32.5 Å². The van der Waals surface area contributed by atoms with Gasteiger partial charge in [0.2, 0.25) is 0 Å². The number of benzene rings is 1. The van der Waals surface area contributed by atoms with Gasteiger partial charge in [0.1, 0.15) is 12.1 Å². The highest BCUT2D eigenvalue weighted by Gasteiger charge is 2.21. The molecule has 26 heavy (non-hydrogen) atoms. The summed E-state index contributed by atoms with van der Waals surface area (Å²) in [6, 6.07) is 10.9. The molecule has 0 atom stereocenters. The Hall–Kier alpha value is -2.08. The third-order valence-corrected chi connectivity index (χ3v) is 4.22. The number of carbonyl (C=O) groups excluding carboxylic acids is 1. The van der Waals surface area contributed by atoms with Gasteiger partial charge in [0.15, 0.2) is 5.96 Å². The standard InChI is InChI=1S/C20H32N4O2/c1-20(2,3)26-18(25)14-22-19(21-4)23-17-10-12-24(13-11-17)15-16-8-6-5-7-9-16/h5-9,17H,10-15H2,1-4H3,(H2,21,22,23). The van der Waals surface area contributed by atoms with E-state index in [4.69, 9.17) is 4.74 Å². The van der Waals surface area contributed by atoms with Crippen molar-refractivity contribution in [2.45, 2.75) is 51.8 Å². The molecule has 1 aliphatic rings. The van der Waals surface area contributed by atoms with Crippen LogP contribution >= 0.6 is 0 Å². The average Bonchev–Trinajstić information content (AvgIpc) is 2.59. The van der Waals surface area contributed by atoms with E-state index in [1.165, 1.54) is 5.56 Å². The maximum Gasteiger partial charge on any atom is 0.325 e. The molecule has 6 heteroatoms. The molecular formula is C20H32N4O2. The van der Waals surface area contributed by atoms with Gasteiger partial charge in [-0.25, -0.2) is 0 Å². The lowest BCUT2D eigenvalue weighted by atomic mass is 10.0. The molecular weight excluding hydrogens is 328 g/mol. The Morgan fingerprint density at radius 2 is 1.88 bits per heavy atom. The van der Waals surface area contributed by atoms with E-state index < -0.39 is 5.60 Å². The predicted octanol–water partition coefficient (Wildman–Crippen LogP) is 2.16. The first-order chi connectivity index (χ1) is 12.4. The van der Waals surface area contributed by atoms with Crippen molar-refractivity contribution >= 4 is 11.9 Å². The van der Waals surface area contributed by atoms with Gasteiger partial charge >= 0.3 is 5.97 Å². The van der Waals surface area contributed by atoms with Crippen molar-refractivity contribution < 1.29 is 9.53 Å². The van der Waals surface area contributed by atoms with Gasteiger partial charge in [-0.15, -0.1) is 0 Å². The van der Waals surface area contributed by atoms with Crippen molar-refractivity contribution in [3.05, 3.63) is 35.9 Å². The Balaban J connectivity index is 1.70. The van der Waals surface area contributed by atoms with Crippen LogP contribution in [0.1, 0.15) is 39.2 Å². The Morgan fingerprint density at radius 3 is 2.46 bits per heavy atom. The molecule has 0 spiro atoms. The highest BCUT2D eigenvalue weighted by atomic mass is 16.6. The lowest BCUT2D eigenvalue weighted by Crippen LogP contribution is -2.49. The average molecular weight is 361 g/mol. The minimum atomic E-state index is -0.471. The van der Waals surface area contributed by atoms with E-state index >= 15 is 0 Å². The molecule has 2 N–H and O–H groups in total. The van der Waals surface area contributed by atoms with E-state index in [2.05, 4.69) is 50.9 Å². The lowest BCUT2D eigenvalue weighted by Gasteiger charge is -2.33. The van der Waals surface area contributed by atoms with Crippen molar-refractivity contribution in [1.82, 2.24) is 15.5 Å². The van der Waals surface area contributed by atoms with Crippen LogP contribution in [0.15, 0.2) is 35.3 Å². The molecule has 0 aliphatic carbocycles. The zero-order chi connectivity index (χ0) is 19.0. The highest BCUT2D eigenvalue weighted by Crippen LogP contribution is 2.13. The molecule has 0 amide bonds. The van der Waals surface area contributed by atoms with E-state index in [9.17, 15) is 4.79 Å². The fourth-order valence-corrected chi connectivity index (χ4v) is 3.00. The van der Waals surface area contributed by atoms with Gasteiger partial charge in [-0.2, -0.15) is 0 Å². The van der Waals surface area contributed by atoms with Crippen LogP contribution in [0.3, 0.4) is 0 Å². The smallest absolute Gasteiger partial charge is 0.325 e. The van der Waals surface area contributed by atoms with E-state index in [1.54, 1.807) is 7.05 Å². The number of hydrogen-bond acceptors (Lipinski definition) is 4. The van der Waals surface area contributed by atoms with Gasteiger partial charge in [-0.3, -0.25) is 14.7 Å². The van der Waals surface area contributed by atoms with E-state index in [1.807, 2.05) is 20.8 Å². The van der Waals surface area contributed by atoms with Crippen molar-refractivity contribution in [3.63, 3.8) is 0 Å². The number of nitrogens with zero attached hydrogens (tertiary/aromatic N) is 2. The van der Waals surface area contributed by atoms with Crippen molar-refractivity contribution in [3.8, 4) is 0 Å². The molecule has 0 saturated carbocycles. The lowest BCUT2D eigenvalue weighted by molar-refractivity contribution is -0.153. The number of aliphatic imine (C=N–C) groups is 1. The molecule has 2 rings (SSSR count). The zero-order valence-electron chi connectivity index (χ0n) is 16.4. The number of hydrogen-bond donors (Lipinski definition) is 2. The van der Waals surface area contributed by atoms with Crippen LogP contribution in [0.2, 0.25) is 0 Å². The van der Waals surface area contributed by atoms with Crippen LogP contribution in [0.25, 0.3) is 0 Å². The highest BCUT2D eigenvalue weighted by molar-refractivity contribution is 5.84. The summed E-state index contributed by atoms with van der Waals surface area (Å²) in [5.74, 6) is 0.371. The maximum absolute atomic E-state index is 11.8. The summed E-state index contributed by atoms with van der Waals surface area (Å²) < 4.78 is 5.30. The van der Waals surface area contributed by atoms with Gasteiger partial charge in [0.05, 0.1) is 0 Å². The van der Waals surface area contributed by atoms with Crippen LogP contribution in [0.5, 0.6) is 0 Å². The fraction of sp³-hybridized carbons (Fsp3) is 0.600. The predicted molar refractivity (Wildman–Crippen MR) is 105 cm³/mol. The number of esters is 1. The van der Waals surface area contributed by atoms with Gasteiger partial charge in [-0.05, 0) is 39.2 Å². The number of guanidine groups is 1. The Bertz CT molecular complexity index is 588. The molecule has 0 bridgehead atoms. The Kier molecular flexibility index (Phi) is 7.45. The summed E-state index contributed by atoms with van der Waals surface area (Å²) in [7, 11) is 1.72. The third kappa shape index (κ3) is 7.44. The van der Waals surface area contributed by atoms with Gasteiger partial charge < -0.3 is 15.4 Å². The van der Waals surface area contributed by atoms with Crippen LogP contribution in [0.4, 0.5) is 0 Å². The normalized spacial score (nSPS) is 17.0. The molecule has 1 aromatic rings. The summed E-state index contributed by atoms with van der Waals surface area (Å²) in [5, 5.41) is 6.45. The molecule has 6 nitrogen and oxygen atoms in total. The SMILES string of the molecule is CN=C(NCC(=O)OC(C)(C)C)NC1CCN(Cc2ccccc2)CC1. The van der Waals surface area contributed by atoms with Gasteiger partial charge in [-0.1, -0.05) is 30.3 Å². The van der Waals surface area contributed by atoms with Crippen molar-refractivity contribution in [1.29, 1.82) is 0 Å². The summed E-state index contributed by atoms with van der Waals surface area (Å²) in [6.45, 7) is 8.80. The molecule has 0 radical (unpaired) electrons. The van der Waals surface area contributed by atoms with Crippen LogP contribution < -0.4 is 10.6 Å². The minimum Gasteiger partial charge on any atom is -0.459 e. The first-order valence-electron chi connectivity index (χ1n) is 9.31. The summed E-state index contributed by atoms with van der Waals surface area (Å²) >= 11 is 0. The van der Waals surface area contributed by atoms with Crippen LogP contribution in [-0.2, 0) is 16.1 Å². The molecule has 0 aromatic heterocycles. The molecule has 1 saturated heterocycles. The topological polar surface area (TPSA) is 66.0 Å². The first-order valence-corrected chi connectivity index (χ1v) is 9.31.